The third kappa shape index (κ3) is 3.69. The lowest BCUT2D eigenvalue weighted by Crippen LogP contribution is -2.58. The number of benzene rings is 1. The predicted molar refractivity (Wildman–Crippen MR) is 86.9 cm³/mol. The number of halogens is 2. The van der Waals surface area contributed by atoms with Crippen molar-refractivity contribution >= 4 is 29.1 Å². The number of amides is 1. The van der Waals surface area contributed by atoms with Gasteiger partial charge in [0.25, 0.3) is 0 Å². The van der Waals surface area contributed by atoms with Crippen LogP contribution in [-0.4, -0.2) is 55.5 Å². The zero-order valence-electron chi connectivity index (χ0n) is 12.6. The van der Waals surface area contributed by atoms with Gasteiger partial charge in [0.15, 0.2) is 0 Å². The van der Waals surface area contributed by atoms with Crippen molar-refractivity contribution in [1.82, 2.24) is 15.1 Å². The lowest BCUT2D eigenvalue weighted by Gasteiger charge is -2.40. The third-order valence-electron chi connectivity index (χ3n) is 3.92. The molecule has 1 aliphatic rings. The summed E-state index contributed by atoms with van der Waals surface area (Å²) in [6, 6.07) is 5.32. The van der Waals surface area contributed by atoms with Gasteiger partial charge in [-0.1, -0.05) is 23.2 Å². The average Bonchev–Trinajstić information content (AvgIpc) is 2.48. The quantitative estimate of drug-likeness (QED) is 0.925. The standard InChI is InChI=1S/C15H21Cl2N3O/c1-10(12-8-11(16)4-5-13(12)17)20-7-6-18-9-14(20)15(21)19(2)3/h4-5,8,10,14,18H,6-7,9H2,1-3H3. The molecule has 6 heteroatoms. The Morgan fingerprint density at radius 1 is 1.43 bits per heavy atom. The van der Waals surface area contributed by atoms with Gasteiger partial charge in [0, 0.05) is 49.8 Å². The smallest absolute Gasteiger partial charge is 0.240 e. The van der Waals surface area contributed by atoms with E-state index in [0.717, 1.165) is 18.7 Å². The average molecular weight is 330 g/mol. The van der Waals surface area contributed by atoms with Gasteiger partial charge < -0.3 is 10.2 Å². The highest BCUT2D eigenvalue weighted by Crippen LogP contribution is 2.31. The fourth-order valence-electron chi connectivity index (χ4n) is 2.72. The number of likely N-dealkylation sites (N-methyl/N-ethyl adjacent to an activating group) is 1. The van der Waals surface area contributed by atoms with Crippen molar-refractivity contribution in [2.75, 3.05) is 33.7 Å². The van der Waals surface area contributed by atoms with Gasteiger partial charge in [0.2, 0.25) is 5.91 Å². The zero-order valence-corrected chi connectivity index (χ0v) is 14.1. The number of rotatable bonds is 3. The largest absolute Gasteiger partial charge is 0.347 e. The topological polar surface area (TPSA) is 35.6 Å². The number of nitrogens with one attached hydrogen (secondary N) is 1. The van der Waals surface area contributed by atoms with Crippen molar-refractivity contribution in [3.05, 3.63) is 33.8 Å². The van der Waals surface area contributed by atoms with Gasteiger partial charge in [-0.15, -0.1) is 0 Å². The first-order chi connectivity index (χ1) is 9.91. The maximum atomic E-state index is 12.4. The van der Waals surface area contributed by atoms with E-state index in [2.05, 4.69) is 17.1 Å². The summed E-state index contributed by atoms with van der Waals surface area (Å²) in [7, 11) is 3.57. The van der Waals surface area contributed by atoms with Gasteiger partial charge in [-0.3, -0.25) is 9.69 Å². The number of carbonyl (C=O) groups is 1. The fraction of sp³-hybridized carbons (Fsp3) is 0.533. The molecule has 2 unspecified atom stereocenters. The van der Waals surface area contributed by atoms with E-state index in [4.69, 9.17) is 23.2 Å². The summed E-state index contributed by atoms with van der Waals surface area (Å²) < 4.78 is 0. The van der Waals surface area contributed by atoms with Crippen LogP contribution in [0.5, 0.6) is 0 Å². The molecule has 21 heavy (non-hydrogen) atoms. The first-order valence-electron chi connectivity index (χ1n) is 7.04. The number of piperazine rings is 1. The lowest BCUT2D eigenvalue weighted by atomic mass is 10.0. The van der Waals surface area contributed by atoms with E-state index in [1.807, 2.05) is 6.07 Å². The summed E-state index contributed by atoms with van der Waals surface area (Å²) in [6.07, 6.45) is 0. The van der Waals surface area contributed by atoms with E-state index in [0.29, 0.717) is 16.6 Å². The number of hydrogen-bond acceptors (Lipinski definition) is 3. The molecular formula is C15H21Cl2N3O. The van der Waals surface area contributed by atoms with E-state index < -0.39 is 0 Å². The first-order valence-corrected chi connectivity index (χ1v) is 7.80. The summed E-state index contributed by atoms with van der Waals surface area (Å²) in [5.74, 6) is 0.104. The summed E-state index contributed by atoms with van der Waals surface area (Å²) in [5, 5.41) is 4.63. The van der Waals surface area contributed by atoms with Crippen LogP contribution in [0.4, 0.5) is 0 Å². The summed E-state index contributed by atoms with van der Waals surface area (Å²) in [5.41, 5.74) is 0.961. The van der Waals surface area contributed by atoms with Crippen molar-refractivity contribution in [1.29, 1.82) is 0 Å². The Kier molecular flexibility index (Phi) is 5.49. The van der Waals surface area contributed by atoms with Crippen LogP contribution >= 0.6 is 23.2 Å². The molecule has 1 amide bonds. The molecule has 116 valence electrons. The molecule has 1 saturated heterocycles. The Bertz CT molecular complexity index is 522. The highest BCUT2D eigenvalue weighted by atomic mass is 35.5. The molecule has 1 aliphatic heterocycles. The van der Waals surface area contributed by atoms with Crippen LogP contribution in [0, 0.1) is 0 Å². The van der Waals surface area contributed by atoms with Gasteiger partial charge in [-0.25, -0.2) is 0 Å². The minimum absolute atomic E-state index is 0.0344. The molecule has 0 spiro atoms. The molecule has 0 saturated carbocycles. The molecule has 0 aliphatic carbocycles. The third-order valence-corrected chi connectivity index (χ3v) is 4.50. The molecule has 1 N–H and O–H groups in total. The van der Waals surface area contributed by atoms with E-state index in [1.165, 1.54) is 0 Å². The van der Waals surface area contributed by atoms with Crippen LogP contribution < -0.4 is 5.32 Å². The lowest BCUT2D eigenvalue weighted by molar-refractivity contribution is -0.136. The van der Waals surface area contributed by atoms with Gasteiger partial charge in [0.05, 0.1) is 0 Å². The van der Waals surface area contributed by atoms with Crippen molar-refractivity contribution in [2.45, 2.75) is 19.0 Å². The molecule has 1 heterocycles. The van der Waals surface area contributed by atoms with Gasteiger partial charge >= 0.3 is 0 Å². The molecule has 0 bridgehead atoms. The van der Waals surface area contributed by atoms with Crippen LogP contribution in [0.15, 0.2) is 18.2 Å². The molecular weight excluding hydrogens is 309 g/mol. The van der Waals surface area contributed by atoms with E-state index in [9.17, 15) is 4.79 Å². The van der Waals surface area contributed by atoms with Crippen LogP contribution in [0.1, 0.15) is 18.5 Å². The highest BCUT2D eigenvalue weighted by Gasteiger charge is 2.33. The molecule has 1 fully saturated rings. The van der Waals surface area contributed by atoms with Crippen LogP contribution in [0.25, 0.3) is 0 Å². The van der Waals surface area contributed by atoms with Gasteiger partial charge in [0.1, 0.15) is 6.04 Å². The van der Waals surface area contributed by atoms with Gasteiger partial charge in [-0.2, -0.15) is 0 Å². The van der Waals surface area contributed by atoms with E-state index in [-0.39, 0.29) is 18.0 Å². The molecule has 2 rings (SSSR count). The second-order valence-electron chi connectivity index (χ2n) is 5.53. The molecule has 2 atom stereocenters. The number of nitrogens with zero attached hydrogens (tertiary/aromatic N) is 2. The normalized spacial score (nSPS) is 21.1. The maximum Gasteiger partial charge on any atom is 0.240 e. The van der Waals surface area contributed by atoms with Gasteiger partial charge in [-0.05, 0) is 30.7 Å². The van der Waals surface area contributed by atoms with E-state index >= 15 is 0 Å². The van der Waals surface area contributed by atoms with Crippen LogP contribution in [-0.2, 0) is 4.79 Å². The Labute approximate surface area is 136 Å². The zero-order chi connectivity index (χ0) is 15.6. The highest BCUT2D eigenvalue weighted by molar-refractivity contribution is 6.33. The Hall–Kier alpha value is -0.810. The Balaban J connectivity index is 2.28. The first kappa shape index (κ1) is 16.6. The number of carbonyl (C=O) groups excluding carboxylic acids is 1. The minimum Gasteiger partial charge on any atom is -0.347 e. The SMILES string of the molecule is CC(c1cc(Cl)ccc1Cl)N1CCNCC1C(=O)N(C)C. The van der Waals surface area contributed by atoms with Crippen LogP contribution in [0.3, 0.4) is 0 Å². The summed E-state index contributed by atoms with van der Waals surface area (Å²) >= 11 is 12.4. The van der Waals surface area contributed by atoms with Crippen molar-refractivity contribution < 1.29 is 4.79 Å². The maximum absolute atomic E-state index is 12.4. The number of hydrogen-bond donors (Lipinski definition) is 1. The van der Waals surface area contributed by atoms with Crippen molar-refractivity contribution in [3.63, 3.8) is 0 Å². The fourth-order valence-corrected chi connectivity index (χ4v) is 3.18. The molecule has 0 aromatic heterocycles. The monoisotopic (exact) mass is 329 g/mol. The minimum atomic E-state index is -0.182. The summed E-state index contributed by atoms with van der Waals surface area (Å²) in [6.45, 7) is 4.38. The van der Waals surface area contributed by atoms with E-state index in [1.54, 1.807) is 31.1 Å². The second kappa shape index (κ2) is 6.97. The van der Waals surface area contributed by atoms with Crippen molar-refractivity contribution in [3.8, 4) is 0 Å². The molecule has 1 aromatic rings. The second-order valence-corrected chi connectivity index (χ2v) is 6.38. The molecule has 0 radical (unpaired) electrons. The Morgan fingerprint density at radius 2 is 2.14 bits per heavy atom. The van der Waals surface area contributed by atoms with Crippen molar-refractivity contribution in [2.24, 2.45) is 0 Å². The molecule has 4 nitrogen and oxygen atoms in total. The van der Waals surface area contributed by atoms with Crippen LogP contribution in [0.2, 0.25) is 10.0 Å². The molecule has 1 aromatic carbocycles. The summed E-state index contributed by atoms with van der Waals surface area (Å²) in [4.78, 5) is 16.2. The Morgan fingerprint density at radius 3 is 2.81 bits per heavy atom. The predicted octanol–water partition coefficient (Wildman–Crippen LogP) is 2.42.